The van der Waals surface area contributed by atoms with Gasteiger partial charge in [0.1, 0.15) is 53.8 Å². The van der Waals surface area contributed by atoms with Gasteiger partial charge in [-0.25, -0.2) is 13.8 Å². The number of H-pyrrole nitrogens is 2. The molecule has 6 heterocycles. The number of carbonyl (C=O) groups excluding carboxylic acids is 9. The first-order valence-electron chi connectivity index (χ1n) is 34.7. The van der Waals surface area contributed by atoms with Gasteiger partial charge >= 0.3 is 0 Å². The highest BCUT2D eigenvalue weighted by atomic mass is 32.2. The molecule has 97 heavy (non-hydrogen) atoms. The fourth-order valence-corrected chi connectivity index (χ4v) is 16.8. The van der Waals surface area contributed by atoms with Gasteiger partial charge in [-0.3, -0.25) is 43.2 Å². The number of alkyl halides is 1. The third-order valence-electron chi connectivity index (χ3n) is 20.4. The number of amides is 9. The van der Waals surface area contributed by atoms with Crippen molar-refractivity contribution in [3.8, 4) is 0 Å². The molecule has 24 nitrogen and oxygen atoms in total. The topological polar surface area (TPSA) is 347 Å². The van der Waals surface area contributed by atoms with E-state index in [1.165, 1.54) is 35.6 Å². The molecule has 6 aliphatic rings. The highest BCUT2D eigenvalue weighted by Crippen LogP contribution is 2.39. The lowest BCUT2D eigenvalue weighted by atomic mass is 9.77. The summed E-state index contributed by atoms with van der Waals surface area (Å²) in [5.41, 5.74) is 8.18. The molecule has 0 radical (unpaired) electrons. The van der Waals surface area contributed by atoms with Crippen molar-refractivity contribution in [3.63, 3.8) is 0 Å². The number of hydrogen-bond acceptors (Lipinski definition) is 15. The summed E-state index contributed by atoms with van der Waals surface area (Å²) in [6.45, 7) is 2.57. The van der Waals surface area contributed by atoms with Crippen molar-refractivity contribution in [2.75, 3.05) is 50.8 Å². The van der Waals surface area contributed by atoms with Crippen molar-refractivity contribution < 1.29 is 57.0 Å². The van der Waals surface area contributed by atoms with Gasteiger partial charge in [-0.1, -0.05) is 24.3 Å². The average Bonchev–Trinajstić information content (AvgIpc) is 1.73. The van der Waals surface area contributed by atoms with Crippen LogP contribution < -0.4 is 48.3 Å². The maximum absolute atomic E-state index is 15.6. The summed E-state index contributed by atoms with van der Waals surface area (Å²) in [6, 6.07) is 4.78. The lowest BCUT2D eigenvalue weighted by molar-refractivity contribution is -0.147. The summed E-state index contributed by atoms with van der Waals surface area (Å²) < 4.78 is 30.2. The Bertz CT molecular complexity index is 3390. The molecule has 2 aromatic carbocycles. The predicted molar refractivity (Wildman–Crippen MR) is 365 cm³/mol. The minimum absolute atomic E-state index is 0.0200. The fraction of sp³-hybridized carbons (Fsp3) is 0.623. The van der Waals surface area contributed by atoms with Crippen molar-refractivity contribution in [1.82, 2.24) is 67.3 Å². The molecule has 4 unspecified atom stereocenters. The van der Waals surface area contributed by atoms with Crippen LogP contribution in [0.1, 0.15) is 138 Å². The van der Waals surface area contributed by atoms with E-state index in [1.807, 2.05) is 18.2 Å². The molecule has 2 saturated carbocycles. The first-order chi connectivity index (χ1) is 46.8. The molecule has 528 valence electrons. The fourth-order valence-electron chi connectivity index (χ4n) is 15.1. The second-order valence-corrected chi connectivity index (χ2v) is 29.6. The number of aliphatic hydroxyl groups is 1. The number of aliphatic hydroxyl groups excluding tert-OH is 1. The van der Waals surface area contributed by atoms with Crippen LogP contribution in [0.5, 0.6) is 0 Å². The molecule has 13 N–H and O–H groups in total. The quantitative estimate of drug-likeness (QED) is 0.0902. The molecule has 11 atom stereocenters. The second-order valence-electron chi connectivity index (χ2n) is 27.4. The average molecular weight is 1380 g/mol. The highest BCUT2D eigenvalue weighted by molar-refractivity contribution is 7.98. The summed E-state index contributed by atoms with van der Waals surface area (Å²) in [6.07, 6.45) is 9.20. The Labute approximate surface area is 573 Å². The van der Waals surface area contributed by atoms with Crippen LogP contribution in [0.2, 0.25) is 0 Å². The summed E-state index contributed by atoms with van der Waals surface area (Å²) in [5, 5.41) is 34.7. The van der Waals surface area contributed by atoms with Crippen LogP contribution >= 0.6 is 23.5 Å². The van der Waals surface area contributed by atoms with E-state index in [0.717, 1.165) is 11.1 Å². The Morgan fingerprint density at radius 2 is 1.45 bits per heavy atom. The Morgan fingerprint density at radius 3 is 2.21 bits per heavy atom. The molecule has 28 heteroatoms. The van der Waals surface area contributed by atoms with Crippen molar-refractivity contribution in [2.24, 2.45) is 23.5 Å². The van der Waals surface area contributed by atoms with Crippen LogP contribution in [-0.2, 0) is 67.5 Å². The van der Waals surface area contributed by atoms with Crippen LogP contribution in [0.15, 0.2) is 61.2 Å². The standard InChI is InChI=1S/C69H96F2N14O10S2/c1-69-20-6-24-85(69)67(94)57(28-41-11-15-49(86)16-12-41)82-64(91)56(33-48-36-73-40-78-48)81-65(92)59-10-5-23-84(59)66(93)58(30-45-35-76-53-18-14-47(71)32-51(45)53)83-63(90)55(29-44-34-75-52-17-13-46(70)31-50(44)52)80-61(88)37-77-62(89)54(9-2-3-21-72)79-60(87)19-25-96-38-42-7-4-8-43(27-42)39-97-26-22-74-68(69)95/h4,7-8,13,17,27,31,34,36,40-41,45,47,49,51,53-59,75-76,86H,2-3,5-6,9-12,14-16,18-26,28-30,32-33,35,37-39,72H2,1H3,(H,73,78)(H,74,95)(H,77,89)(H,79,87)(H,80,88)(H,81,92)(H,82,91)(H,83,90)/t41?,45?,47?,49?,51?,53?,54-,55-,56-,57-,58-,59-,69-/m0/s1. The number of aromatic amines is 2. The van der Waals surface area contributed by atoms with Crippen LogP contribution in [0.25, 0.3) is 10.9 Å². The number of nitrogens with zero attached hydrogens (tertiary/aromatic N) is 3. The van der Waals surface area contributed by atoms with Crippen LogP contribution in [0.3, 0.4) is 0 Å². The summed E-state index contributed by atoms with van der Waals surface area (Å²) in [5.74, 6) is -4.15. The number of rotatable bonds is 12. The molecule has 10 rings (SSSR count). The van der Waals surface area contributed by atoms with Gasteiger partial charge in [0.05, 0.1) is 19.0 Å². The van der Waals surface area contributed by atoms with E-state index in [0.29, 0.717) is 135 Å². The smallest absolute Gasteiger partial charge is 0.246 e. The van der Waals surface area contributed by atoms with Gasteiger partial charge in [-0.05, 0) is 175 Å². The Morgan fingerprint density at radius 1 is 0.722 bits per heavy atom. The summed E-state index contributed by atoms with van der Waals surface area (Å²) in [7, 11) is 0. The molecule has 2 aliphatic carbocycles. The maximum atomic E-state index is 15.6. The molecule has 2 aromatic heterocycles. The number of carbonyl (C=O) groups is 9. The van der Waals surface area contributed by atoms with Crippen molar-refractivity contribution in [3.05, 3.63) is 89.4 Å². The zero-order valence-electron chi connectivity index (χ0n) is 55.3. The van der Waals surface area contributed by atoms with Crippen LogP contribution in [0.4, 0.5) is 8.78 Å². The number of thioether (sulfide) groups is 2. The Balaban J connectivity index is 0.946. The van der Waals surface area contributed by atoms with Crippen LogP contribution in [0, 0.1) is 23.6 Å². The number of nitrogens with one attached hydrogen (secondary N) is 10. The van der Waals surface area contributed by atoms with E-state index < -0.39 is 108 Å². The maximum Gasteiger partial charge on any atom is 0.246 e. The molecular weight excluding hydrogens is 1290 g/mol. The number of aromatic nitrogens is 3. The number of fused-ring (bicyclic) bond motifs is 6. The van der Waals surface area contributed by atoms with Gasteiger partial charge in [0, 0.05) is 96.9 Å². The molecule has 9 amide bonds. The zero-order valence-corrected chi connectivity index (χ0v) is 57.0. The van der Waals surface area contributed by atoms with E-state index in [-0.39, 0.29) is 100 Å². The summed E-state index contributed by atoms with van der Waals surface area (Å²) in [4.78, 5) is 145. The minimum Gasteiger partial charge on any atom is -0.393 e. The number of unbranched alkanes of at least 4 members (excludes halogenated alkanes) is 1. The largest absolute Gasteiger partial charge is 0.393 e. The minimum atomic E-state index is -1.45. The van der Waals surface area contributed by atoms with Gasteiger partial charge < -0.3 is 73.1 Å². The van der Waals surface area contributed by atoms with Crippen molar-refractivity contribution in [1.29, 1.82) is 0 Å². The first kappa shape index (κ1) is 72.6. The lowest BCUT2D eigenvalue weighted by Crippen LogP contribution is -2.62. The van der Waals surface area contributed by atoms with E-state index in [2.05, 4.69) is 63.6 Å². The van der Waals surface area contributed by atoms with Crippen LogP contribution in [-0.4, -0.2) is 194 Å². The van der Waals surface area contributed by atoms with Gasteiger partial charge in [-0.2, -0.15) is 23.5 Å². The van der Waals surface area contributed by atoms with Gasteiger partial charge in [0.2, 0.25) is 53.2 Å². The van der Waals surface area contributed by atoms with Crippen molar-refractivity contribution in [2.45, 2.75) is 201 Å². The summed E-state index contributed by atoms with van der Waals surface area (Å²) >= 11 is 3.21. The Hall–Kier alpha value is -7.14. The normalized spacial score (nSPS) is 30.2. The van der Waals surface area contributed by atoms with E-state index in [9.17, 15) is 28.7 Å². The van der Waals surface area contributed by atoms with Crippen molar-refractivity contribution >= 4 is 87.6 Å². The Kier molecular flexibility index (Phi) is 25.9. The molecule has 2 bridgehead atoms. The highest BCUT2D eigenvalue weighted by Gasteiger charge is 2.49. The third-order valence-corrected chi connectivity index (χ3v) is 22.5. The third kappa shape index (κ3) is 19.4. The molecule has 4 aliphatic heterocycles. The number of imidazole rings is 1. The monoisotopic (exact) mass is 1380 g/mol. The molecule has 4 aromatic rings. The molecular formula is C69H96F2N14O10S2. The predicted octanol–water partition coefficient (Wildman–Crippen LogP) is 3.60. The second kappa shape index (κ2) is 34.6. The molecule has 0 spiro atoms. The number of benzene rings is 2. The van der Waals surface area contributed by atoms with E-state index in [4.69, 9.17) is 5.73 Å². The lowest BCUT2D eigenvalue weighted by Gasteiger charge is -2.38. The van der Waals surface area contributed by atoms with E-state index in [1.54, 1.807) is 41.5 Å². The first-order valence-corrected chi connectivity index (χ1v) is 37.0. The van der Waals surface area contributed by atoms with Gasteiger partial charge in [0.25, 0.3) is 0 Å². The number of nitrogens with two attached hydrogens (primary N) is 1. The van der Waals surface area contributed by atoms with Gasteiger partial charge in [0.15, 0.2) is 0 Å². The number of hydrogen-bond donors (Lipinski definition) is 12. The van der Waals surface area contributed by atoms with E-state index >= 15 is 28.4 Å². The molecule has 3 saturated heterocycles. The van der Waals surface area contributed by atoms with Gasteiger partial charge in [-0.15, -0.1) is 0 Å². The molecule has 5 fully saturated rings. The SMILES string of the molecule is C[C@@]12CCCN1C(=O)[C@H](CC1CCC(O)CC1)NC(=O)[C@H](Cc1cnc[nH]1)NC(=O)[C@@H]1CCCN1C(=O)[C@H](CC1CNC3CCC(F)CC13)NC(=O)[C@H](Cc1c[nH]c3ccc(F)cc13)NC(=O)CNC(=O)[C@H](CCCCN)NC(=O)CCSCc1cccc(c1)CSCCNC2=O. The zero-order chi connectivity index (χ0) is 68.6. The number of halogens is 2.